The zero-order valence-electron chi connectivity index (χ0n) is 20.2. The molecule has 2 aliphatic heterocycles. The SMILES string of the molecule is CC(=O)Nc1cccc(-c2ccc(S(=O)(=O)N3CCC(C(=O)NCc4ccc5c(c4)OCO5)CC3)s2)c1. The van der Waals surface area contributed by atoms with Gasteiger partial charge in [0.15, 0.2) is 11.5 Å². The lowest BCUT2D eigenvalue weighted by Gasteiger charge is -2.30. The van der Waals surface area contributed by atoms with Crippen molar-refractivity contribution in [1.82, 2.24) is 9.62 Å². The Morgan fingerprint density at radius 1 is 1.03 bits per heavy atom. The number of benzene rings is 2. The summed E-state index contributed by atoms with van der Waals surface area (Å²) in [4.78, 5) is 24.9. The molecule has 0 bridgehead atoms. The van der Waals surface area contributed by atoms with Crippen molar-refractivity contribution in [2.24, 2.45) is 5.92 Å². The number of hydrogen-bond acceptors (Lipinski definition) is 7. The molecule has 5 rings (SSSR count). The summed E-state index contributed by atoms with van der Waals surface area (Å²) in [6, 6.07) is 16.2. The van der Waals surface area contributed by atoms with E-state index >= 15 is 0 Å². The fourth-order valence-corrected chi connectivity index (χ4v) is 7.36. The van der Waals surface area contributed by atoms with E-state index in [-0.39, 0.29) is 41.8 Å². The number of sulfonamides is 1. The summed E-state index contributed by atoms with van der Waals surface area (Å²) >= 11 is 1.19. The Kier molecular flexibility index (Phi) is 7.18. The highest BCUT2D eigenvalue weighted by Crippen LogP contribution is 2.35. The van der Waals surface area contributed by atoms with Crippen molar-refractivity contribution in [2.75, 3.05) is 25.2 Å². The largest absolute Gasteiger partial charge is 0.454 e. The number of amides is 2. The molecule has 1 fully saturated rings. The fourth-order valence-electron chi connectivity index (χ4n) is 4.44. The van der Waals surface area contributed by atoms with Crippen molar-refractivity contribution in [3.05, 3.63) is 60.2 Å². The predicted octanol–water partition coefficient (Wildman–Crippen LogP) is 3.82. The molecule has 11 heteroatoms. The second-order valence-electron chi connectivity index (χ2n) is 8.96. The molecule has 3 aromatic rings. The van der Waals surface area contributed by atoms with Crippen LogP contribution >= 0.6 is 11.3 Å². The zero-order valence-corrected chi connectivity index (χ0v) is 21.9. The normalized spacial score (nSPS) is 15.9. The quantitative estimate of drug-likeness (QED) is 0.470. The van der Waals surface area contributed by atoms with E-state index < -0.39 is 10.0 Å². The average molecular weight is 542 g/mol. The Bertz CT molecular complexity index is 1430. The molecular formula is C26H27N3O6S2. The molecule has 3 heterocycles. The summed E-state index contributed by atoms with van der Waals surface area (Å²) in [5.41, 5.74) is 2.39. The third-order valence-corrected chi connectivity index (χ3v) is 9.87. The highest BCUT2D eigenvalue weighted by molar-refractivity contribution is 7.91. The number of nitrogens with one attached hydrogen (secondary N) is 2. The van der Waals surface area contributed by atoms with Gasteiger partial charge in [0.05, 0.1) is 0 Å². The number of thiophene rings is 1. The van der Waals surface area contributed by atoms with Crippen molar-refractivity contribution < 1.29 is 27.5 Å². The lowest BCUT2D eigenvalue weighted by Crippen LogP contribution is -2.42. The number of piperidine rings is 1. The summed E-state index contributed by atoms with van der Waals surface area (Å²) in [5.74, 6) is 0.877. The molecule has 1 aromatic heterocycles. The first-order valence-electron chi connectivity index (χ1n) is 11.9. The van der Waals surface area contributed by atoms with E-state index in [0.717, 1.165) is 16.0 Å². The average Bonchev–Trinajstić information content (AvgIpc) is 3.57. The molecule has 2 amide bonds. The summed E-state index contributed by atoms with van der Waals surface area (Å²) in [6.07, 6.45) is 0.923. The number of carbonyl (C=O) groups is 2. The van der Waals surface area contributed by atoms with Crippen LogP contribution in [-0.2, 0) is 26.2 Å². The maximum Gasteiger partial charge on any atom is 0.252 e. The van der Waals surface area contributed by atoms with Gasteiger partial charge in [-0.2, -0.15) is 4.31 Å². The topological polar surface area (TPSA) is 114 Å². The van der Waals surface area contributed by atoms with Gasteiger partial charge < -0.3 is 20.1 Å². The van der Waals surface area contributed by atoms with Crippen LogP contribution in [0.4, 0.5) is 5.69 Å². The fraction of sp³-hybridized carbons (Fsp3) is 0.308. The maximum atomic E-state index is 13.3. The Morgan fingerprint density at radius 3 is 2.59 bits per heavy atom. The molecule has 0 atom stereocenters. The highest BCUT2D eigenvalue weighted by Gasteiger charge is 2.33. The lowest BCUT2D eigenvalue weighted by atomic mass is 9.97. The molecule has 0 unspecified atom stereocenters. The van der Waals surface area contributed by atoms with E-state index in [2.05, 4.69) is 10.6 Å². The number of rotatable bonds is 7. The Hall–Kier alpha value is -3.41. The zero-order chi connectivity index (χ0) is 26.0. The van der Waals surface area contributed by atoms with Crippen molar-refractivity contribution in [3.63, 3.8) is 0 Å². The van der Waals surface area contributed by atoms with E-state index in [9.17, 15) is 18.0 Å². The summed E-state index contributed by atoms with van der Waals surface area (Å²) in [5, 5.41) is 5.70. The highest BCUT2D eigenvalue weighted by atomic mass is 32.2. The Balaban J connectivity index is 1.17. The van der Waals surface area contributed by atoms with Crippen molar-refractivity contribution >= 4 is 38.9 Å². The first-order chi connectivity index (χ1) is 17.8. The van der Waals surface area contributed by atoms with E-state index in [4.69, 9.17) is 9.47 Å². The number of fused-ring (bicyclic) bond motifs is 1. The standard InChI is InChI=1S/C26H27N3O6S2/c1-17(30)28-21-4-2-3-20(14-21)24-7-8-25(36-24)37(32,33)29-11-9-19(10-12-29)26(31)27-15-18-5-6-22-23(13-18)35-16-34-22/h2-8,13-14,19H,9-12,15-16H2,1H3,(H,27,31)(H,28,30). The second-order valence-corrected chi connectivity index (χ2v) is 12.2. The molecule has 194 valence electrons. The van der Waals surface area contributed by atoms with Crippen LogP contribution in [0.2, 0.25) is 0 Å². The van der Waals surface area contributed by atoms with Crippen LogP contribution < -0.4 is 20.1 Å². The van der Waals surface area contributed by atoms with Gasteiger partial charge in [0.2, 0.25) is 18.6 Å². The van der Waals surface area contributed by atoms with Crippen LogP contribution in [0.1, 0.15) is 25.3 Å². The molecule has 0 aliphatic carbocycles. The first kappa shape index (κ1) is 25.2. The molecule has 2 N–H and O–H groups in total. The van der Waals surface area contributed by atoms with Gasteiger partial charge in [-0.3, -0.25) is 9.59 Å². The van der Waals surface area contributed by atoms with Crippen LogP contribution in [0.15, 0.2) is 58.8 Å². The molecule has 0 spiro atoms. The minimum Gasteiger partial charge on any atom is -0.454 e. The van der Waals surface area contributed by atoms with Gasteiger partial charge in [-0.05, 0) is 60.4 Å². The molecule has 1 saturated heterocycles. The molecule has 9 nitrogen and oxygen atoms in total. The number of nitrogens with zero attached hydrogens (tertiary/aromatic N) is 1. The minimum atomic E-state index is -3.66. The first-order valence-corrected chi connectivity index (χ1v) is 14.2. The summed E-state index contributed by atoms with van der Waals surface area (Å²) in [6.45, 7) is 2.58. The van der Waals surface area contributed by atoms with Crippen LogP contribution in [0.25, 0.3) is 10.4 Å². The second kappa shape index (κ2) is 10.5. The van der Waals surface area contributed by atoms with E-state index in [1.54, 1.807) is 18.2 Å². The molecule has 2 aliphatic rings. The molecule has 0 saturated carbocycles. The Morgan fingerprint density at radius 2 is 1.81 bits per heavy atom. The van der Waals surface area contributed by atoms with E-state index in [0.29, 0.717) is 36.6 Å². The number of ether oxygens (including phenoxy) is 2. The molecule has 37 heavy (non-hydrogen) atoms. The number of carbonyl (C=O) groups excluding carboxylic acids is 2. The lowest BCUT2D eigenvalue weighted by molar-refractivity contribution is -0.126. The van der Waals surface area contributed by atoms with Crippen LogP contribution in [0.5, 0.6) is 11.5 Å². The summed E-state index contributed by atoms with van der Waals surface area (Å²) < 4.78 is 39.0. The molecule has 0 radical (unpaired) electrons. The van der Waals surface area contributed by atoms with Crippen molar-refractivity contribution in [1.29, 1.82) is 0 Å². The van der Waals surface area contributed by atoms with E-state index in [1.807, 2.05) is 36.4 Å². The maximum absolute atomic E-state index is 13.3. The van der Waals surface area contributed by atoms with Crippen molar-refractivity contribution in [2.45, 2.75) is 30.5 Å². The van der Waals surface area contributed by atoms with Gasteiger partial charge in [0.1, 0.15) is 4.21 Å². The van der Waals surface area contributed by atoms with Gasteiger partial charge in [-0.15, -0.1) is 11.3 Å². The monoisotopic (exact) mass is 541 g/mol. The summed E-state index contributed by atoms with van der Waals surface area (Å²) in [7, 11) is -3.66. The van der Waals surface area contributed by atoms with Gasteiger partial charge in [0.25, 0.3) is 10.0 Å². The number of hydrogen-bond donors (Lipinski definition) is 2. The van der Waals surface area contributed by atoms with Crippen molar-refractivity contribution in [3.8, 4) is 21.9 Å². The third-order valence-electron chi connectivity index (χ3n) is 6.37. The minimum absolute atomic E-state index is 0.0767. The molecular weight excluding hydrogens is 514 g/mol. The predicted molar refractivity (Wildman–Crippen MR) is 140 cm³/mol. The molecule has 2 aromatic carbocycles. The number of anilines is 1. The van der Waals surface area contributed by atoms with E-state index in [1.165, 1.54) is 22.6 Å². The smallest absolute Gasteiger partial charge is 0.252 e. The van der Waals surface area contributed by atoms with Crippen LogP contribution in [0.3, 0.4) is 0 Å². The van der Waals surface area contributed by atoms with Crippen LogP contribution in [-0.4, -0.2) is 44.4 Å². The van der Waals surface area contributed by atoms with Gasteiger partial charge in [0, 0.05) is 43.0 Å². The Labute approximate surface area is 219 Å². The van der Waals surface area contributed by atoms with Gasteiger partial charge in [-0.25, -0.2) is 8.42 Å². The van der Waals surface area contributed by atoms with Gasteiger partial charge >= 0.3 is 0 Å². The van der Waals surface area contributed by atoms with Gasteiger partial charge in [-0.1, -0.05) is 18.2 Å². The van der Waals surface area contributed by atoms with Crippen LogP contribution in [0, 0.1) is 5.92 Å². The third kappa shape index (κ3) is 5.63.